The van der Waals surface area contributed by atoms with Gasteiger partial charge in [-0.25, -0.2) is 0 Å². The quantitative estimate of drug-likeness (QED) is 0.649. The molecule has 0 aliphatic carbocycles. The van der Waals surface area contributed by atoms with Crippen molar-refractivity contribution >= 4 is 27.2 Å². The highest BCUT2D eigenvalue weighted by molar-refractivity contribution is 7.98. The van der Waals surface area contributed by atoms with Crippen molar-refractivity contribution in [1.82, 2.24) is 0 Å². The van der Waals surface area contributed by atoms with Gasteiger partial charge in [-0.05, 0) is 24.3 Å². The molecule has 0 heterocycles. The summed E-state index contributed by atoms with van der Waals surface area (Å²) in [6, 6.07) is 0. The monoisotopic (exact) mass is 210 g/mol. The van der Waals surface area contributed by atoms with Gasteiger partial charge in [0, 0.05) is 9.47 Å². The Labute approximate surface area is 79.5 Å². The van der Waals surface area contributed by atoms with Crippen molar-refractivity contribution in [3.05, 3.63) is 0 Å². The molecule has 0 aromatic carbocycles. The van der Waals surface area contributed by atoms with E-state index in [1.54, 1.807) is 11.8 Å². The second kappa shape index (κ2) is 7.84. The van der Waals surface area contributed by atoms with Crippen molar-refractivity contribution < 1.29 is 14.4 Å². The van der Waals surface area contributed by atoms with Crippen LogP contribution in [0.1, 0.15) is 12.8 Å². The number of hydrogen-bond acceptors (Lipinski definition) is 3. The Balaban J connectivity index is 3.61. The summed E-state index contributed by atoms with van der Waals surface area (Å²) in [5.74, 6) is 0.391. The van der Waals surface area contributed by atoms with Gasteiger partial charge < -0.3 is 9.63 Å². The fourth-order valence-electron chi connectivity index (χ4n) is 0.912. The topological polar surface area (TPSA) is 46.5 Å². The molecule has 0 aliphatic rings. The van der Waals surface area contributed by atoms with Crippen molar-refractivity contribution in [2.24, 2.45) is 5.92 Å². The predicted octanol–water partition coefficient (Wildman–Crippen LogP) is 1.64. The maximum atomic E-state index is 10.4. The van der Waals surface area contributed by atoms with Gasteiger partial charge in [-0.15, -0.1) is 0 Å². The standard InChI is InChI=1S/C7H15O3PS/c1-12-3-2-6(5-10-11)4-7(8)9/h6H,2-5,11H2,1H3,(H,8,9). The van der Waals surface area contributed by atoms with E-state index in [-0.39, 0.29) is 12.3 Å². The van der Waals surface area contributed by atoms with Crippen LogP contribution in [0, 0.1) is 5.92 Å². The molecule has 0 amide bonds. The van der Waals surface area contributed by atoms with Crippen LogP contribution in [0.4, 0.5) is 0 Å². The molecule has 72 valence electrons. The second-order valence-corrected chi connectivity index (χ2v) is 3.90. The summed E-state index contributed by atoms with van der Waals surface area (Å²) in [6.45, 7) is 0.511. The molecule has 5 heteroatoms. The van der Waals surface area contributed by atoms with Gasteiger partial charge in [-0.1, -0.05) is 0 Å². The summed E-state index contributed by atoms with van der Waals surface area (Å²) in [5, 5.41) is 8.54. The second-order valence-electron chi connectivity index (χ2n) is 2.58. The maximum Gasteiger partial charge on any atom is 0.303 e. The lowest BCUT2D eigenvalue weighted by molar-refractivity contribution is -0.138. The molecule has 2 unspecified atom stereocenters. The Bertz CT molecular complexity index is 132. The van der Waals surface area contributed by atoms with Crippen molar-refractivity contribution in [3.63, 3.8) is 0 Å². The van der Waals surface area contributed by atoms with E-state index in [1.165, 1.54) is 0 Å². The minimum absolute atomic E-state index is 0.146. The zero-order chi connectivity index (χ0) is 9.40. The molecule has 0 spiro atoms. The number of thioether (sulfide) groups is 1. The average Bonchev–Trinajstić information content (AvgIpc) is 2.00. The van der Waals surface area contributed by atoms with Crippen LogP contribution in [0.3, 0.4) is 0 Å². The lowest BCUT2D eigenvalue weighted by atomic mass is 10.0. The van der Waals surface area contributed by atoms with E-state index < -0.39 is 5.97 Å². The lowest BCUT2D eigenvalue weighted by Gasteiger charge is -2.11. The highest BCUT2D eigenvalue weighted by Crippen LogP contribution is 2.13. The molecule has 0 rings (SSSR count). The van der Waals surface area contributed by atoms with E-state index in [2.05, 4.69) is 9.47 Å². The molecule has 3 nitrogen and oxygen atoms in total. The minimum Gasteiger partial charge on any atom is -0.481 e. The Kier molecular flexibility index (Phi) is 7.98. The Morgan fingerprint density at radius 3 is 2.83 bits per heavy atom. The van der Waals surface area contributed by atoms with Crippen LogP contribution in [0.5, 0.6) is 0 Å². The largest absolute Gasteiger partial charge is 0.481 e. The van der Waals surface area contributed by atoms with Gasteiger partial charge in [0.2, 0.25) is 0 Å². The van der Waals surface area contributed by atoms with E-state index in [0.29, 0.717) is 6.61 Å². The van der Waals surface area contributed by atoms with Gasteiger partial charge in [-0.2, -0.15) is 11.8 Å². The smallest absolute Gasteiger partial charge is 0.303 e. The fraction of sp³-hybridized carbons (Fsp3) is 0.857. The summed E-state index contributed by atoms with van der Waals surface area (Å²) in [4.78, 5) is 10.4. The van der Waals surface area contributed by atoms with E-state index in [9.17, 15) is 4.79 Å². The molecular formula is C7H15O3PS. The number of rotatable bonds is 7. The Morgan fingerprint density at radius 2 is 2.42 bits per heavy atom. The van der Waals surface area contributed by atoms with Crippen LogP contribution in [0.15, 0.2) is 0 Å². The van der Waals surface area contributed by atoms with E-state index in [0.717, 1.165) is 12.2 Å². The van der Waals surface area contributed by atoms with Crippen LogP contribution in [0.2, 0.25) is 0 Å². The SMILES string of the molecule is CSCCC(COP)CC(=O)O. The first-order valence-electron chi connectivity index (χ1n) is 3.73. The summed E-state index contributed by atoms with van der Waals surface area (Å²) in [5.41, 5.74) is 0. The number of carboxylic acids is 1. The van der Waals surface area contributed by atoms with Gasteiger partial charge in [0.15, 0.2) is 0 Å². The van der Waals surface area contributed by atoms with E-state index >= 15 is 0 Å². The van der Waals surface area contributed by atoms with Gasteiger partial charge in [0.25, 0.3) is 0 Å². The molecule has 0 bridgehead atoms. The number of carboxylic acid groups (broad SMARTS) is 1. The Hall–Kier alpha value is 0.210. The van der Waals surface area contributed by atoms with Gasteiger partial charge in [0.1, 0.15) is 0 Å². The normalized spacial score (nSPS) is 12.8. The predicted molar refractivity (Wildman–Crippen MR) is 54.4 cm³/mol. The van der Waals surface area contributed by atoms with Crippen LogP contribution >= 0.6 is 21.2 Å². The van der Waals surface area contributed by atoms with Crippen molar-refractivity contribution in [3.8, 4) is 0 Å². The first kappa shape index (κ1) is 12.2. The molecule has 0 fully saturated rings. The average molecular weight is 210 g/mol. The molecule has 2 atom stereocenters. The van der Waals surface area contributed by atoms with Crippen LogP contribution < -0.4 is 0 Å². The minimum atomic E-state index is -0.747. The summed E-state index contributed by atoms with van der Waals surface area (Å²) < 4.78 is 4.85. The third-order valence-corrected chi connectivity index (χ3v) is 2.36. The van der Waals surface area contributed by atoms with Crippen molar-refractivity contribution in [2.75, 3.05) is 18.6 Å². The van der Waals surface area contributed by atoms with E-state index in [4.69, 9.17) is 9.63 Å². The molecule has 0 saturated carbocycles. The lowest BCUT2D eigenvalue weighted by Crippen LogP contribution is -2.13. The third kappa shape index (κ3) is 6.89. The van der Waals surface area contributed by atoms with Crippen LogP contribution in [-0.4, -0.2) is 29.7 Å². The first-order chi connectivity index (χ1) is 5.70. The van der Waals surface area contributed by atoms with Gasteiger partial charge in [0.05, 0.1) is 13.0 Å². The maximum absolute atomic E-state index is 10.4. The molecular weight excluding hydrogens is 195 g/mol. The van der Waals surface area contributed by atoms with Gasteiger partial charge >= 0.3 is 5.97 Å². The summed E-state index contributed by atoms with van der Waals surface area (Å²) >= 11 is 1.73. The zero-order valence-corrected chi connectivity index (χ0v) is 9.13. The van der Waals surface area contributed by atoms with Crippen molar-refractivity contribution in [1.29, 1.82) is 0 Å². The van der Waals surface area contributed by atoms with Crippen LogP contribution in [0.25, 0.3) is 0 Å². The molecule has 0 aromatic heterocycles. The first-order valence-corrected chi connectivity index (χ1v) is 5.59. The zero-order valence-electron chi connectivity index (χ0n) is 7.16. The molecule has 12 heavy (non-hydrogen) atoms. The summed E-state index contributed by atoms with van der Waals surface area (Å²) in [7, 11) is 2.15. The highest BCUT2D eigenvalue weighted by Gasteiger charge is 2.12. The fourth-order valence-corrected chi connectivity index (χ4v) is 1.75. The number of carbonyl (C=O) groups is 1. The Morgan fingerprint density at radius 1 is 1.75 bits per heavy atom. The van der Waals surface area contributed by atoms with Crippen LogP contribution in [-0.2, 0) is 9.32 Å². The van der Waals surface area contributed by atoms with Gasteiger partial charge in [-0.3, -0.25) is 4.79 Å². The summed E-state index contributed by atoms with van der Waals surface area (Å²) in [6.07, 6.45) is 3.12. The molecule has 0 saturated heterocycles. The molecule has 0 aromatic rings. The number of hydrogen-bond donors (Lipinski definition) is 1. The van der Waals surface area contributed by atoms with E-state index in [1.807, 2.05) is 6.26 Å². The van der Waals surface area contributed by atoms with Crippen molar-refractivity contribution in [2.45, 2.75) is 12.8 Å². The molecule has 0 aliphatic heterocycles. The number of aliphatic carboxylic acids is 1. The third-order valence-electron chi connectivity index (χ3n) is 1.53. The molecule has 1 N–H and O–H groups in total. The highest BCUT2D eigenvalue weighted by atomic mass is 32.2. The molecule has 0 radical (unpaired) electrons.